The fourth-order valence-corrected chi connectivity index (χ4v) is 4.78. The van der Waals surface area contributed by atoms with Crippen LogP contribution in [-0.4, -0.2) is 19.2 Å². The van der Waals surface area contributed by atoms with Crippen LogP contribution in [0.1, 0.15) is 28.6 Å². The number of hydrogen-bond donors (Lipinski definition) is 2. The number of aromatic hydroxyl groups is 1. The van der Waals surface area contributed by atoms with E-state index in [1.165, 1.54) is 0 Å². The van der Waals surface area contributed by atoms with Gasteiger partial charge in [0, 0.05) is 35.6 Å². The molecule has 5 rings (SSSR count). The zero-order valence-corrected chi connectivity index (χ0v) is 16.7. The van der Waals surface area contributed by atoms with E-state index in [2.05, 4.69) is 11.1 Å². The van der Waals surface area contributed by atoms with Gasteiger partial charge in [-0.1, -0.05) is 53.5 Å². The van der Waals surface area contributed by atoms with Crippen molar-refractivity contribution < 1.29 is 5.11 Å². The van der Waals surface area contributed by atoms with Gasteiger partial charge >= 0.3 is 0 Å². The number of imidazole rings is 1. The first-order valence-electron chi connectivity index (χ1n) is 8.51. The number of fused-ring (bicyclic) bond motifs is 4. The third kappa shape index (κ3) is 2.25. The highest BCUT2D eigenvalue weighted by Crippen LogP contribution is 2.44. The van der Waals surface area contributed by atoms with Crippen molar-refractivity contribution in [2.24, 2.45) is 7.05 Å². The van der Waals surface area contributed by atoms with E-state index in [1.807, 2.05) is 34.9 Å². The van der Waals surface area contributed by atoms with Crippen molar-refractivity contribution in [2.75, 3.05) is 0 Å². The van der Waals surface area contributed by atoms with Gasteiger partial charge in [0.15, 0.2) is 4.77 Å². The maximum atomic E-state index is 10.7. The average molecular weight is 416 g/mol. The van der Waals surface area contributed by atoms with Crippen LogP contribution in [0.5, 0.6) is 5.88 Å². The molecule has 1 atom stereocenters. The number of para-hydroxylation sites is 1. The summed E-state index contributed by atoms with van der Waals surface area (Å²) in [5.74, 6) is 0.180. The second kappa shape index (κ2) is 5.89. The van der Waals surface area contributed by atoms with Crippen molar-refractivity contribution in [1.29, 1.82) is 0 Å². The number of benzene rings is 2. The van der Waals surface area contributed by atoms with E-state index in [-0.39, 0.29) is 11.9 Å². The molecule has 0 bridgehead atoms. The van der Waals surface area contributed by atoms with Crippen LogP contribution in [-0.2, 0) is 13.5 Å². The van der Waals surface area contributed by atoms with Crippen molar-refractivity contribution in [1.82, 2.24) is 14.1 Å². The molecule has 136 valence electrons. The standard InChI is InChI=1S/C20H15Cl2N3OS/c1-24-19(26)15-9-12-10-5-2-3-8-14(10)23-17(12)18(25(15)20(24)27)11-6-4-7-13(21)16(11)22/h2-8,18,23,26H,9H2,1H3. The second-order valence-electron chi connectivity index (χ2n) is 6.77. The Bertz CT molecular complexity index is 1280. The van der Waals surface area contributed by atoms with E-state index in [0.717, 1.165) is 33.4 Å². The largest absolute Gasteiger partial charge is 0.493 e. The molecule has 2 aromatic carbocycles. The highest BCUT2D eigenvalue weighted by molar-refractivity contribution is 7.71. The summed E-state index contributed by atoms with van der Waals surface area (Å²) in [5.41, 5.74) is 4.84. The second-order valence-corrected chi connectivity index (χ2v) is 7.92. The van der Waals surface area contributed by atoms with Gasteiger partial charge in [0.05, 0.1) is 15.7 Å². The molecule has 2 N–H and O–H groups in total. The molecule has 0 spiro atoms. The zero-order chi connectivity index (χ0) is 18.9. The van der Waals surface area contributed by atoms with Crippen LogP contribution >= 0.6 is 35.4 Å². The number of nitrogens with zero attached hydrogens (tertiary/aromatic N) is 2. The van der Waals surface area contributed by atoms with Gasteiger partial charge in [-0.25, -0.2) is 0 Å². The van der Waals surface area contributed by atoms with Gasteiger partial charge in [-0.3, -0.25) is 4.57 Å². The minimum atomic E-state index is -0.290. The predicted octanol–water partition coefficient (Wildman–Crippen LogP) is 5.59. The maximum Gasteiger partial charge on any atom is 0.213 e. The maximum absolute atomic E-state index is 10.7. The van der Waals surface area contributed by atoms with E-state index in [9.17, 15) is 5.11 Å². The van der Waals surface area contributed by atoms with Gasteiger partial charge in [0.2, 0.25) is 5.88 Å². The molecule has 0 radical (unpaired) electrons. The molecule has 1 unspecified atom stereocenters. The molecule has 4 nitrogen and oxygen atoms in total. The predicted molar refractivity (Wildman–Crippen MR) is 111 cm³/mol. The van der Waals surface area contributed by atoms with Crippen molar-refractivity contribution in [3.8, 4) is 5.88 Å². The molecule has 3 heterocycles. The number of rotatable bonds is 1. The average Bonchev–Trinajstić information content (AvgIpc) is 3.14. The molecule has 1 aliphatic heterocycles. The number of H-pyrrole nitrogens is 1. The van der Waals surface area contributed by atoms with Crippen molar-refractivity contribution in [2.45, 2.75) is 12.5 Å². The summed E-state index contributed by atoms with van der Waals surface area (Å²) in [6, 6.07) is 13.5. The lowest BCUT2D eigenvalue weighted by molar-refractivity contribution is 0.424. The smallest absolute Gasteiger partial charge is 0.213 e. The fourth-order valence-electron chi connectivity index (χ4n) is 4.07. The molecule has 0 fully saturated rings. The van der Waals surface area contributed by atoms with Crippen LogP contribution in [0.3, 0.4) is 0 Å². The lowest BCUT2D eigenvalue weighted by Crippen LogP contribution is -2.22. The Hall–Kier alpha value is -2.21. The lowest BCUT2D eigenvalue weighted by atomic mass is 9.93. The lowest BCUT2D eigenvalue weighted by Gasteiger charge is -2.27. The molecule has 27 heavy (non-hydrogen) atoms. The highest BCUT2D eigenvalue weighted by atomic mass is 35.5. The van der Waals surface area contributed by atoms with E-state index in [1.54, 1.807) is 17.7 Å². The summed E-state index contributed by atoms with van der Waals surface area (Å²) >= 11 is 18.5. The summed E-state index contributed by atoms with van der Waals surface area (Å²) in [6.07, 6.45) is 0.588. The Morgan fingerprint density at radius 3 is 2.74 bits per heavy atom. The molecule has 0 aliphatic carbocycles. The topological polar surface area (TPSA) is 45.9 Å². The molecule has 0 saturated carbocycles. The zero-order valence-electron chi connectivity index (χ0n) is 14.3. The molecule has 7 heteroatoms. The Kier molecular flexibility index (Phi) is 3.69. The molecule has 0 saturated heterocycles. The normalized spacial score (nSPS) is 15.7. The van der Waals surface area contributed by atoms with E-state index in [4.69, 9.17) is 35.4 Å². The van der Waals surface area contributed by atoms with Gasteiger partial charge in [0.1, 0.15) is 6.04 Å². The number of halogens is 2. The van der Waals surface area contributed by atoms with Crippen LogP contribution in [0.15, 0.2) is 42.5 Å². The minimum Gasteiger partial charge on any atom is -0.493 e. The quantitative estimate of drug-likeness (QED) is 0.350. The highest BCUT2D eigenvalue weighted by Gasteiger charge is 2.34. The Morgan fingerprint density at radius 1 is 1.15 bits per heavy atom. The summed E-state index contributed by atoms with van der Waals surface area (Å²) < 4.78 is 4.14. The van der Waals surface area contributed by atoms with Crippen molar-refractivity contribution >= 4 is 46.3 Å². The number of nitrogens with one attached hydrogen (secondary N) is 1. The monoisotopic (exact) mass is 415 g/mol. The Morgan fingerprint density at radius 2 is 1.93 bits per heavy atom. The molecule has 2 aromatic heterocycles. The Labute approximate surface area is 170 Å². The third-order valence-electron chi connectivity index (χ3n) is 5.36. The van der Waals surface area contributed by atoms with E-state index < -0.39 is 0 Å². The Balaban J connectivity index is 1.91. The first-order chi connectivity index (χ1) is 13.0. The van der Waals surface area contributed by atoms with E-state index in [0.29, 0.717) is 21.2 Å². The van der Waals surface area contributed by atoms with Gasteiger partial charge in [-0.05, 0) is 29.9 Å². The van der Waals surface area contributed by atoms with Crippen molar-refractivity contribution in [3.63, 3.8) is 0 Å². The third-order valence-corrected chi connectivity index (χ3v) is 6.66. The van der Waals surface area contributed by atoms with Crippen LogP contribution in [0.4, 0.5) is 0 Å². The van der Waals surface area contributed by atoms with Gasteiger partial charge in [-0.15, -0.1) is 0 Å². The van der Waals surface area contributed by atoms with Gasteiger partial charge in [-0.2, -0.15) is 0 Å². The summed E-state index contributed by atoms with van der Waals surface area (Å²) in [5, 5.41) is 12.8. The first-order valence-corrected chi connectivity index (χ1v) is 9.68. The number of hydrogen-bond acceptors (Lipinski definition) is 2. The molecular formula is C20H15Cl2N3OS. The molecule has 0 amide bonds. The van der Waals surface area contributed by atoms with Crippen LogP contribution in [0.25, 0.3) is 10.9 Å². The number of aromatic nitrogens is 3. The molecule has 4 aromatic rings. The van der Waals surface area contributed by atoms with Gasteiger partial charge < -0.3 is 14.7 Å². The van der Waals surface area contributed by atoms with Crippen LogP contribution < -0.4 is 0 Å². The molecular weight excluding hydrogens is 401 g/mol. The van der Waals surface area contributed by atoms with E-state index >= 15 is 0 Å². The summed E-state index contributed by atoms with van der Waals surface area (Å²) in [6.45, 7) is 0. The molecule has 1 aliphatic rings. The fraction of sp³-hybridized carbons (Fsp3) is 0.150. The van der Waals surface area contributed by atoms with Crippen LogP contribution in [0.2, 0.25) is 10.0 Å². The summed E-state index contributed by atoms with van der Waals surface area (Å²) in [7, 11) is 1.77. The van der Waals surface area contributed by atoms with Crippen LogP contribution in [0, 0.1) is 4.77 Å². The first kappa shape index (κ1) is 16.9. The summed E-state index contributed by atoms with van der Waals surface area (Å²) in [4.78, 5) is 3.55. The number of aromatic amines is 1. The van der Waals surface area contributed by atoms with Crippen molar-refractivity contribution in [3.05, 3.63) is 79.8 Å². The SMILES string of the molecule is Cn1c(O)c2n(c1=S)C(c1cccc(Cl)c1Cl)c1[nH]c3ccccc3c1C2. The minimum absolute atomic E-state index is 0.180. The van der Waals surface area contributed by atoms with Gasteiger partial charge in [0.25, 0.3) is 0 Å².